The zero-order valence-electron chi connectivity index (χ0n) is 15.5. The van der Waals surface area contributed by atoms with Gasteiger partial charge in [-0.3, -0.25) is 4.40 Å². The zero-order valence-corrected chi connectivity index (χ0v) is 15.5. The largest absolute Gasteiger partial charge is 0.496 e. The maximum atomic E-state index is 14.4. The Hall–Kier alpha value is -2.78. The van der Waals surface area contributed by atoms with Gasteiger partial charge < -0.3 is 19.9 Å². The lowest BCUT2D eigenvalue weighted by molar-refractivity contribution is -0.0959. The monoisotopic (exact) mass is 390 g/mol. The highest BCUT2D eigenvalue weighted by molar-refractivity contribution is 5.66. The normalized spacial score (nSPS) is 16.4. The Bertz CT molecular complexity index is 1030. The van der Waals surface area contributed by atoms with E-state index in [0.717, 1.165) is 11.6 Å². The number of rotatable bonds is 4. The molecule has 0 amide bonds. The molecule has 3 aromatic heterocycles. The highest BCUT2D eigenvalue weighted by Crippen LogP contribution is 2.41. The number of anilines is 1. The van der Waals surface area contributed by atoms with Crippen molar-refractivity contribution in [2.45, 2.75) is 18.4 Å². The minimum absolute atomic E-state index is 0.0336. The van der Waals surface area contributed by atoms with Crippen molar-refractivity contribution < 1.29 is 23.0 Å². The van der Waals surface area contributed by atoms with E-state index in [2.05, 4.69) is 9.97 Å². The fourth-order valence-corrected chi connectivity index (χ4v) is 3.66. The van der Waals surface area contributed by atoms with Crippen LogP contribution in [0.3, 0.4) is 0 Å². The number of nitrogens with zero attached hydrogens (tertiary/aromatic N) is 3. The van der Waals surface area contributed by atoms with Crippen LogP contribution in [-0.2, 0) is 15.1 Å². The molecule has 0 aliphatic carbocycles. The summed E-state index contributed by atoms with van der Waals surface area (Å²) in [6, 6.07) is 2.76. The van der Waals surface area contributed by atoms with Crippen LogP contribution in [0.1, 0.15) is 18.4 Å². The Kier molecular flexibility index (Phi) is 4.64. The fraction of sp³-hybridized carbons (Fsp3) is 0.368. The summed E-state index contributed by atoms with van der Waals surface area (Å²) in [7, 11) is 3.21. The van der Waals surface area contributed by atoms with Crippen LogP contribution in [0.2, 0.25) is 0 Å². The molecule has 1 saturated heterocycles. The quantitative estimate of drug-likeness (QED) is 0.690. The van der Waals surface area contributed by atoms with E-state index in [9.17, 15) is 8.78 Å². The Labute approximate surface area is 160 Å². The van der Waals surface area contributed by atoms with Crippen molar-refractivity contribution in [3.63, 3.8) is 0 Å². The van der Waals surface area contributed by atoms with Crippen molar-refractivity contribution in [1.29, 1.82) is 0 Å². The molecule has 4 heterocycles. The van der Waals surface area contributed by atoms with Gasteiger partial charge in [0.25, 0.3) is 0 Å². The number of ether oxygens (including phenoxy) is 3. The highest BCUT2D eigenvalue weighted by atomic mass is 19.1. The maximum Gasteiger partial charge on any atom is 0.224 e. The average Bonchev–Trinajstić information content (AvgIpc) is 3.13. The molecule has 28 heavy (non-hydrogen) atoms. The second-order valence-corrected chi connectivity index (χ2v) is 6.63. The second-order valence-electron chi connectivity index (χ2n) is 6.63. The Morgan fingerprint density at radius 2 is 1.96 bits per heavy atom. The van der Waals surface area contributed by atoms with Crippen LogP contribution in [0.4, 0.5) is 14.6 Å². The van der Waals surface area contributed by atoms with Gasteiger partial charge in [-0.15, -0.1) is 0 Å². The van der Waals surface area contributed by atoms with Gasteiger partial charge >= 0.3 is 0 Å². The van der Waals surface area contributed by atoms with E-state index in [1.54, 1.807) is 30.9 Å². The molecule has 4 rings (SSSR count). The molecule has 0 unspecified atom stereocenters. The van der Waals surface area contributed by atoms with Crippen LogP contribution >= 0.6 is 0 Å². The molecule has 2 N–H and O–H groups in total. The number of pyridine rings is 2. The Balaban J connectivity index is 1.94. The standard InChI is InChI=1S/C19H20F2N4O3/c1-26-15-8-16-23-9-14(11-7-13(20)18(22)24-17(11)21)25(16)10-12(15)19(27-2)3-5-28-6-4-19/h7-10H,3-6H2,1-2H3,(H2,22,24). The van der Waals surface area contributed by atoms with Crippen molar-refractivity contribution >= 4 is 11.5 Å². The van der Waals surface area contributed by atoms with E-state index < -0.39 is 23.2 Å². The first-order valence-corrected chi connectivity index (χ1v) is 8.79. The summed E-state index contributed by atoms with van der Waals surface area (Å²) < 4.78 is 46.9. The lowest BCUT2D eigenvalue weighted by atomic mass is 9.86. The number of aromatic nitrogens is 3. The first kappa shape index (κ1) is 18.6. The van der Waals surface area contributed by atoms with Crippen molar-refractivity contribution in [2.24, 2.45) is 0 Å². The van der Waals surface area contributed by atoms with E-state index >= 15 is 0 Å². The van der Waals surface area contributed by atoms with Gasteiger partial charge in [0.05, 0.1) is 24.6 Å². The fourth-order valence-electron chi connectivity index (χ4n) is 3.66. The summed E-state index contributed by atoms with van der Waals surface area (Å²) in [5, 5.41) is 0. The first-order valence-electron chi connectivity index (χ1n) is 8.79. The number of methoxy groups -OCH3 is 2. The number of halogens is 2. The molecule has 1 aliphatic heterocycles. The topological polar surface area (TPSA) is 83.9 Å². The SMILES string of the molecule is COc1cc2ncc(-c3cc(F)c(N)nc3F)n2cc1C1(OC)CCOCC1. The number of nitrogen functional groups attached to an aromatic ring is 1. The van der Waals surface area contributed by atoms with Gasteiger partial charge in [0.15, 0.2) is 11.6 Å². The Morgan fingerprint density at radius 3 is 2.64 bits per heavy atom. The first-order chi connectivity index (χ1) is 13.5. The summed E-state index contributed by atoms with van der Waals surface area (Å²) in [6.45, 7) is 1.10. The molecule has 1 aliphatic rings. The van der Waals surface area contributed by atoms with Gasteiger partial charge in [-0.1, -0.05) is 0 Å². The van der Waals surface area contributed by atoms with Crippen LogP contribution in [-0.4, -0.2) is 41.8 Å². The molecule has 0 aromatic carbocycles. The maximum absolute atomic E-state index is 14.4. The lowest BCUT2D eigenvalue weighted by Gasteiger charge is -2.37. The van der Waals surface area contributed by atoms with E-state index in [0.29, 0.717) is 43.1 Å². The molecular formula is C19H20F2N4O3. The van der Waals surface area contributed by atoms with Crippen LogP contribution in [0.25, 0.3) is 16.9 Å². The van der Waals surface area contributed by atoms with Crippen LogP contribution in [0, 0.1) is 11.8 Å². The minimum Gasteiger partial charge on any atom is -0.496 e. The number of hydrogen-bond donors (Lipinski definition) is 1. The van der Waals surface area contributed by atoms with E-state index in [4.69, 9.17) is 19.9 Å². The molecule has 7 nitrogen and oxygen atoms in total. The van der Waals surface area contributed by atoms with Crippen molar-refractivity contribution in [3.05, 3.63) is 41.9 Å². The molecule has 0 atom stereocenters. The van der Waals surface area contributed by atoms with Crippen LogP contribution in [0.15, 0.2) is 24.5 Å². The molecule has 9 heteroatoms. The molecule has 3 aromatic rings. The lowest BCUT2D eigenvalue weighted by Crippen LogP contribution is -2.36. The number of imidazole rings is 1. The molecule has 1 fully saturated rings. The summed E-state index contributed by atoms with van der Waals surface area (Å²) >= 11 is 0. The second kappa shape index (κ2) is 6.99. The number of nitrogens with two attached hydrogens (primary N) is 1. The van der Waals surface area contributed by atoms with Gasteiger partial charge in [0.1, 0.15) is 17.0 Å². The number of hydrogen-bond acceptors (Lipinski definition) is 6. The molecule has 0 radical (unpaired) electrons. The highest BCUT2D eigenvalue weighted by Gasteiger charge is 2.37. The molecule has 0 saturated carbocycles. The van der Waals surface area contributed by atoms with Crippen LogP contribution in [0.5, 0.6) is 5.75 Å². The van der Waals surface area contributed by atoms with E-state index in [1.807, 2.05) is 0 Å². The van der Waals surface area contributed by atoms with Gasteiger partial charge in [0, 0.05) is 51.0 Å². The van der Waals surface area contributed by atoms with Crippen molar-refractivity contribution in [2.75, 3.05) is 33.2 Å². The summed E-state index contributed by atoms with van der Waals surface area (Å²) in [5.41, 5.74) is 6.37. The van der Waals surface area contributed by atoms with Gasteiger partial charge in [-0.25, -0.2) is 9.37 Å². The van der Waals surface area contributed by atoms with Gasteiger partial charge in [-0.2, -0.15) is 9.37 Å². The van der Waals surface area contributed by atoms with Gasteiger partial charge in [0.2, 0.25) is 5.95 Å². The third kappa shape index (κ3) is 2.87. The average molecular weight is 390 g/mol. The van der Waals surface area contributed by atoms with Gasteiger partial charge in [-0.05, 0) is 6.07 Å². The molecule has 148 valence electrons. The predicted molar refractivity (Wildman–Crippen MR) is 98.0 cm³/mol. The smallest absolute Gasteiger partial charge is 0.224 e. The summed E-state index contributed by atoms with van der Waals surface area (Å²) in [4.78, 5) is 7.74. The molecule has 0 bridgehead atoms. The summed E-state index contributed by atoms with van der Waals surface area (Å²) in [6.07, 6.45) is 4.53. The van der Waals surface area contributed by atoms with E-state index in [1.165, 1.54) is 6.20 Å². The van der Waals surface area contributed by atoms with Crippen LogP contribution < -0.4 is 10.5 Å². The van der Waals surface area contributed by atoms with E-state index in [-0.39, 0.29) is 5.56 Å². The predicted octanol–water partition coefficient (Wildman–Crippen LogP) is 2.92. The summed E-state index contributed by atoms with van der Waals surface area (Å²) in [5.74, 6) is -1.54. The molecule has 0 spiro atoms. The third-order valence-corrected chi connectivity index (χ3v) is 5.24. The number of fused-ring (bicyclic) bond motifs is 1. The van der Waals surface area contributed by atoms with Crippen molar-refractivity contribution in [1.82, 2.24) is 14.4 Å². The van der Waals surface area contributed by atoms with Crippen molar-refractivity contribution in [3.8, 4) is 17.0 Å². The third-order valence-electron chi connectivity index (χ3n) is 5.24. The zero-order chi connectivity index (χ0) is 19.9. The Morgan fingerprint density at radius 1 is 1.21 bits per heavy atom. The molecular weight excluding hydrogens is 370 g/mol. The minimum atomic E-state index is -0.870.